The predicted molar refractivity (Wildman–Crippen MR) is 158 cm³/mol. The van der Waals surface area contributed by atoms with E-state index in [4.69, 9.17) is 17.0 Å². The van der Waals surface area contributed by atoms with Gasteiger partial charge in [0.2, 0.25) is 5.91 Å². The lowest BCUT2D eigenvalue weighted by atomic mass is 9.96. The third kappa shape index (κ3) is 5.46. The van der Waals surface area contributed by atoms with Gasteiger partial charge < -0.3 is 24.8 Å². The number of hydrogen-bond donors (Lipinski definition) is 2. The number of amides is 1. The number of pyridine rings is 1. The average Bonchev–Trinajstić information content (AvgIpc) is 3.46. The fourth-order valence-electron chi connectivity index (χ4n) is 5.33. The number of aromatic nitrogens is 2. The Morgan fingerprint density at radius 1 is 1.02 bits per heavy atom. The van der Waals surface area contributed by atoms with E-state index < -0.39 is 0 Å². The van der Waals surface area contributed by atoms with Crippen molar-refractivity contribution in [3.63, 3.8) is 0 Å². The number of carbonyl (C=O) groups is 2. The number of nitrogens with zero attached hydrogens (tertiary/aromatic N) is 3. The SMILES string of the molecule is COC(=O)c1cccc(-n2c(C)cc([C@H]3[C@H](c4ccccn4)NC(=S)N3CCC(=O)Nc3ccccc3)c2C)c1. The fraction of sp³-hybridized carbons (Fsp3) is 0.226. The van der Waals surface area contributed by atoms with Gasteiger partial charge in [0.15, 0.2) is 5.11 Å². The van der Waals surface area contributed by atoms with Gasteiger partial charge in [0.25, 0.3) is 0 Å². The molecule has 204 valence electrons. The van der Waals surface area contributed by atoms with E-state index in [9.17, 15) is 9.59 Å². The highest BCUT2D eigenvalue weighted by Gasteiger charge is 2.41. The summed E-state index contributed by atoms with van der Waals surface area (Å²) in [5.74, 6) is -0.468. The van der Waals surface area contributed by atoms with Crippen LogP contribution in [0, 0.1) is 13.8 Å². The topological polar surface area (TPSA) is 88.5 Å². The van der Waals surface area contributed by atoms with Crippen molar-refractivity contribution in [2.75, 3.05) is 19.0 Å². The van der Waals surface area contributed by atoms with Crippen LogP contribution in [0.3, 0.4) is 0 Å². The molecule has 0 radical (unpaired) electrons. The summed E-state index contributed by atoms with van der Waals surface area (Å²) in [5, 5.41) is 7.00. The minimum atomic E-state index is -0.384. The molecule has 1 saturated heterocycles. The van der Waals surface area contributed by atoms with Gasteiger partial charge in [-0.15, -0.1) is 0 Å². The molecule has 0 saturated carbocycles. The number of methoxy groups -OCH3 is 1. The number of rotatable bonds is 8. The number of ether oxygens (including phenoxy) is 1. The van der Waals surface area contributed by atoms with Gasteiger partial charge in [-0.1, -0.05) is 30.3 Å². The highest BCUT2D eigenvalue weighted by atomic mass is 32.1. The Labute approximate surface area is 239 Å². The van der Waals surface area contributed by atoms with Crippen molar-refractivity contribution in [1.29, 1.82) is 0 Å². The van der Waals surface area contributed by atoms with E-state index in [1.54, 1.807) is 12.3 Å². The first-order valence-electron chi connectivity index (χ1n) is 13.1. The molecule has 1 aliphatic rings. The van der Waals surface area contributed by atoms with Crippen molar-refractivity contribution >= 4 is 34.9 Å². The maximum absolute atomic E-state index is 12.8. The lowest BCUT2D eigenvalue weighted by Crippen LogP contribution is -2.32. The highest BCUT2D eigenvalue weighted by Crippen LogP contribution is 2.41. The molecule has 9 heteroatoms. The van der Waals surface area contributed by atoms with Crippen molar-refractivity contribution < 1.29 is 14.3 Å². The van der Waals surface area contributed by atoms with E-state index in [2.05, 4.69) is 38.1 Å². The third-order valence-electron chi connectivity index (χ3n) is 7.15. The monoisotopic (exact) mass is 553 g/mol. The van der Waals surface area contributed by atoms with E-state index in [1.807, 2.05) is 73.7 Å². The predicted octanol–water partition coefficient (Wildman–Crippen LogP) is 5.28. The second-order valence-corrected chi connectivity index (χ2v) is 10.1. The van der Waals surface area contributed by atoms with Gasteiger partial charge in [-0.25, -0.2) is 4.79 Å². The van der Waals surface area contributed by atoms with E-state index in [0.29, 0.717) is 17.2 Å². The summed E-state index contributed by atoms with van der Waals surface area (Å²) < 4.78 is 7.05. The van der Waals surface area contributed by atoms with Crippen LogP contribution in [-0.2, 0) is 9.53 Å². The Morgan fingerprint density at radius 2 is 1.80 bits per heavy atom. The van der Waals surface area contributed by atoms with Crippen LogP contribution in [0.15, 0.2) is 85.1 Å². The molecule has 2 aromatic carbocycles. The summed E-state index contributed by atoms with van der Waals surface area (Å²) in [7, 11) is 1.38. The Kier molecular flexibility index (Phi) is 7.93. The van der Waals surface area contributed by atoms with Crippen molar-refractivity contribution in [2.24, 2.45) is 0 Å². The molecule has 4 aromatic rings. The first-order valence-corrected chi connectivity index (χ1v) is 13.5. The standard InChI is InChI=1S/C31H31N5O3S/c1-20-18-25(21(2)36(20)24-13-9-10-22(19-24)30(38)39-3)29-28(26-14-7-8-16-32-26)34-31(40)35(29)17-15-27(37)33-23-11-5-4-6-12-23/h4-14,16,18-19,28-29H,15,17H2,1-3H3,(H,33,37)(H,34,40)/t28-,29-/m0/s1. The molecule has 1 amide bonds. The van der Waals surface area contributed by atoms with Crippen LogP contribution in [0.2, 0.25) is 0 Å². The van der Waals surface area contributed by atoms with Gasteiger partial charge in [0.1, 0.15) is 0 Å². The normalized spacial score (nSPS) is 16.5. The second kappa shape index (κ2) is 11.7. The Hall–Kier alpha value is -4.50. The van der Waals surface area contributed by atoms with Crippen LogP contribution < -0.4 is 10.6 Å². The van der Waals surface area contributed by atoms with Crippen LogP contribution in [-0.4, -0.2) is 45.1 Å². The Bertz CT molecular complexity index is 1540. The maximum atomic E-state index is 12.8. The van der Waals surface area contributed by atoms with Crippen LogP contribution in [0.25, 0.3) is 5.69 Å². The largest absolute Gasteiger partial charge is 0.465 e. The molecule has 0 spiro atoms. The molecule has 5 rings (SSSR count). The summed E-state index contributed by atoms with van der Waals surface area (Å²) >= 11 is 5.81. The summed E-state index contributed by atoms with van der Waals surface area (Å²) in [4.78, 5) is 31.7. The number of benzene rings is 2. The number of aryl methyl sites for hydroxylation is 1. The minimum absolute atomic E-state index is 0.0841. The van der Waals surface area contributed by atoms with Crippen LogP contribution in [0.5, 0.6) is 0 Å². The van der Waals surface area contributed by atoms with Crippen molar-refractivity contribution in [1.82, 2.24) is 19.8 Å². The van der Waals surface area contributed by atoms with Crippen LogP contribution >= 0.6 is 12.2 Å². The van der Waals surface area contributed by atoms with E-state index >= 15 is 0 Å². The number of thiocarbonyl (C=S) groups is 1. The van der Waals surface area contributed by atoms with E-state index in [0.717, 1.165) is 34.0 Å². The first-order chi connectivity index (χ1) is 19.4. The lowest BCUT2D eigenvalue weighted by molar-refractivity contribution is -0.116. The highest BCUT2D eigenvalue weighted by molar-refractivity contribution is 7.80. The van der Waals surface area contributed by atoms with Crippen molar-refractivity contribution in [2.45, 2.75) is 32.4 Å². The molecule has 1 fully saturated rings. The zero-order chi connectivity index (χ0) is 28.2. The molecule has 0 aliphatic carbocycles. The zero-order valence-corrected chi connectivity index (χ0v) is 23.4. The Morgan fingerprint density at radius 3 is 2.52 bits per heavy atom. The molecule has 0 unspecified atom stereocenters. The lowest BCUT2D eigenvalue weighted by Gasteiger charge is -2.28. The maximum Gasteiger partial charge on any atom is 0.337 e. The number of esters is 1. The molecule has 3 heterocycles. The fourth-order valence-corrected chi connectivity index (χ4v) is 5.66. The summed E-state index contributed by atoms with van der Waals surface area (Å²) in [5.41, 5.74) is 6.05. The molecule has 0 bridgehead atoms. The van der Waals surface area contributed by atoms with Gasteiger partial charge >= 0.3 is 5.97 Å². The molecule has 1 aliphatic heterocycles. The van der Waals surface area contributed by atoms with Gasteiger partial charge in [-0.05, 0) is 80.2 Å². The second-order valence-electron chi connectivity index (χ2n) is 9.69. The van der Waals surface area contributed by atoms with Gasteiger partial charge in [-0.2, -0.15) is 0 Å². The van der Waals surface area contributed by atoms with Gasteiger partial charge in [0, 0.05) is 41.9 Å². The van der Waals surface area contributed by atoms with E-state index in [1.165, 1.54) is 7.11 Å². The number of para-hydroxylation sites is 1. The first kappa shape index (κ1) is 27.1. The summed E-state index contributed by atoms with van der Waals surface area (Å²) in [6.07, 6.45) is 2.04. The molecule has 8 nitrogen and oxygen atoms in total. The number of hydrogen-bond acceptors (Lipinski definition) is 5. The number of carbonyl (C=O) groups excluding carboxylic acids is 2. The Balaban J connectivity index is 1.49. The summed E-state index contributed by atoms with van der Waals surface area (Å²) in [6, 6.07) is 24.4. The smallest absolute Gasteiger partial charge is 0.337 e. The molecule has 2 atom stereocenters. The van der Waals surface area contributed by atoms with Crippen LogP contribution in [0.4, 0.5) is 5.69 Å². The molecule has 2 aromatic heterocycles. The van der Waals surface area contributed by atoms with E-state index in [-0.39, 0.29) is 30.4 Å². The quantitative estimate of drug-likeness (QED) is 0.227. The zero-order valence-electron chi connectivity index (χ0n) is 22.6. The number of anilines is 1. The molecule has 2 N–H and O–H groups in total. The van der Waals surface area contributed by atoms with Gasteiger partial charge in [0.05, 0.1) is 30.5 Å². The number of nitrogens with one attached hydrogen (secondary N) is 2. The van der Waals surface area contributed by atoms with Crippen molar-refractivity contribution in [3.05, 3.63) is 113 Å². The molecular formula is C31H31N5O3S. The molecule has 40 heavy (non-hydrogen) atoms. The summed E-state index contributed by atoms with van der Waals surface area (Å²) in [6.45, 7) is 4.53. The van der Waals surface area contributed by atoms with Crippen molar-refractivity contribution in [3.8, 4) is 5.69 Å². The van der Waals surface area contributed by atoms with Crippen LogP contribution in [0.1, 0.15) is 51.5 Å². The third-order valence-corrected chi connectivity index (χ3v) is 7.50. The minimum Gasteiger partial charge on any atom is -0.465 e. The average molecular weight is 554 g/mol. The molecular weight excluding hydrogens is 522 g/mol. The van der Waals surface area contributed by atoms with Gasteiger partial charge in [-0.3, -0.25) is 9.78 Å².